The molecule has 0 radical (unpaired) electrons. The molecule has 0 bridgehead atoms. The van der Waals surface area contributed by atoms with Gasteiger partial charge in [0.05, 0.1) is 12.5 Å². The maximum Gasteiger partial charge on any atom is 0.344 e. The van der Waals surface area contributed by atoms with E-state index in [1.165, 1.54) is 6.07 Å². The third kappa shape index (κ3) is 1.50. The monoisotopic (exact) mass is 242 g/mol. The molecule has 0 fully saturated rings. The van der Waals surface area contributed by atoms with Gasteiger partial charge in [-0.15, -0.1) is 0 Å². The molecule has 0 amide bonds. The molecule has 0 spiro atoms. The Balaban J connectivity index is 2.54. The summed E-state index contributed by atoms with van der Waals surface area (Å²) >= 11 is 0. The Labute approximate surface area is 102 Å². The van der Waals surface area contributed by atoms with Crippen molar-refractivity contribution in [1.29, 1.82) is 0 Å². The summed E-state index contributed by atoms with van der Waals surface area (Å²) in [6.07, 6.45) is 0. The lowest BCUT2D eigenvalue weighted by molar-refractivity contribution is 0.415. The van der Waals surface area contributed by atoms with E-state index in [1.54, 1.807) is 37.4 Å². The van der Waals surface area contributed by atoms with Crippen molar-refractivity contribution in [3.05, 3.63) is 46.8 Å². The fourth-order valence-electron chi connectivity index (χ4n) is 2.02. The molecule has 2 aromatic carbocycles. The van der Waals surface area contributed by atoms with Crippen LogP contribution in [0.4, 0.5) is 0 Å². The highest BCUT2D eigenvalue weighted by Crippen LogP contribution is 2.28. The highest BCUT2D eigenvalue weighted by molar-refractivity contribution is 6.05. The van der Waals surface area contributed by atoms with Crippen LogP contribution in [0.5, 0.6) is 11.5 Å². The van der Waals surface area contributed by atoms with Gasteiger partial charge in [0.25, 0.3) is 0 Å². The molecule has 90 valence electrons. The maximum absolute atomic E-state index is 11.8. The number of aromatic hydroxyl groups is 1. The predicted octanol–water partition coefficient (Wildman–Crippen LogP) is 2.66. The highest BCUT2D eigenvalue weighted by atomic mass is 16.5. The molecular formula is C14H10O4. The highest BCUT2D eigenvalue weighted by Gasteiger charge is 2.08. The summed E-state index contributed by atoms with van der Waals surface area (Å²) in [7, 11) is 1.57. The number of phenols is 1. The lowest BCUT2D eigenvalue weighted by Crippen LogP contribution is -1.99. The SMILES string of the molecule is COc1ccc2c(=O)oc3cc(O)ccc3c2c1. The Morgan fingerprint density at radius 3 is 2.61 bits per heavy atom. The van der Waals surface area contributed by atoms with Gasteiger partial charge >= 0.3 is 5.63 Å². The number of rotatable bonds is 1. The molecule has 0 unspecified atom stereocenters. The van der Waals surface area contributed by atoms with Crippen LogP contribution in [0.25, 0.3) is 21.7 Å². The van der Waals surface area contributed by atoms with Crippen LogP contribution >= 0.6 is 0 Å². The van der Waals surface area contributed by atoms with Crippen LogP contribution in [-0.2, 0) is 0 Å². The standard InChI is InChI=1S/C14H10O4/c1-17-9-3-5-11-12(7-9)10-4-2-8(15)6-13(10)18-14(11)16/h2-7,15H,1H3. The molecule has 0 saturated heterocycles. The fourth-order valence-corrected chi connectivity index (χ4v) is 2.02. The van der Waals surface area contributed by atoms with Crippen LogP contribution in [0.1, 0.15) is 0 Å². The Kier molecular flexibility index (Phi) is 2.23. The summed E-state index contributed by atoms with van der Waals surface area (Å²) in [6.45, 7) is 0. The Morgan fingerprint density at radius 2 is 1.83 bits per heavy atom. The summed E-state index contributed by atoms with van der Waals surface area (Å²) < 4.78 is 10.3. The third-order valence-electron chi connectivity index (χ3n) is 2.90. The summed E-state index contributed by atoms with van der Waals surface area (Å²) in [6, 6.07) is 9.87. The van der Waals surface area contributed by atoms with E-state index in [1.807, 2.05) is 0 Å². The van der Waals surface area contributed by atoms with E-state index in [4.69, 9.17) is 9.15 Å². The van der Waals surface area contributed by atoms with Gasteiger partial charge in [-0.1, -0.05) is 0 Å². The van der Waals surface area contributed by atoms with E-state index in [0.717, 1.165) is 10.8 Å². The molecule has 3 aromatic rings. The molecule has 4 nitrogen and oxygen atoms in total. The van der Waals surface area contributed by atoms with E-state index in [2.05, 4.69) is 0 Å². The second kappa shape index (κ2) is 3.77. The minimum absolute atomic E-state index is 0.0629. The smallest absolute Gasteiger partial charge is 0.344 e. The van der Waals surface area contributed by atoms with Crippen LogP contribution in [0.15, 0.2) is 45.6 Å². The first-order valence-electron chi connectivity index (χ1n) is 5.42. The molecule has 3 rings (SSSR count). The summed E-state index contributed by atoms with van der Waals surface area (Å²) in [5, 5.41) is 11.4. The average molecular weight is 242 g/mol. The van der Waals surface area contributed by atoms with Crippen LogP contribution in [-0.4, -0.2) is 12.2 Å². The molecule has 0 atom stereocenters. The van der Waals surface area contributed by atoms with Crippen molar-refractivity contribution in [1.82, 2.24) is 0 Å². The number of hydrogen-bond acceptors (Lipinski definition) is 4. The predicted molar refractivity (Wildman–Crippen MR) is 68.2 cm³/mol. The van der Waals surface area contributed by atoms with Gasteiger partial charge in [-0.3, -0.25) is 0 Å². The van der Waals surface area contributed by atoms with Crippen molar-refractivity contribution in [2.75, 3.05) is 7.11 Å². The van der Waals surface area contributed by atoms with Gasteiger partial charge in [0.15, 0.2) is 0 Å². The average Bonchev–Trinajstić information content (AvgIpc) is 2.38. The van der Waals surface area contributed by atoms with Crippen molar-refractivity contribution in [2.45, 2.75) is 0 Å². The zero-order valence-electron chi connectivity index (χ0n) is 9.64. The lowest BCUT2D eigenvalue weighted by Gasteiger charge is -2.05. The van der Waals surface area contributed by atoms with Crippen molar-refractivity contribution >= 4 is 21.7 Å². The van der Waals surface area contributed by atoms with Gasteiger partial charge in [-0.05, 0) is 30.3 Å². The number of phenolic OH excluding ortho intramolecular Hbond substituents is 1. The van der Waals surface area contributed by atoms with Crippen molar-refractivity contribution in [3.63, 3.8) is 0 Å². The second-order valence-electron chi connectivity index (χ2n) is 3.98. The molecule has 18 heavy (non-hydrogen) atoms. The van der Waals surface area contributed by atoms with Gasteiger partial charge in [-0.2, -0.15) is 0 Å². The van der Waals surface area contributed by atoms with E-state index in [9.17, 15) is 9.90 Å². The van der Waals surface area contributed by atoms with Gasteiger partial charge < -0.3 is 14.3 Å². The molecule has 1 aromatic heterocycles. The van der Waals surface area contributed by atoms with Crippen molar-refractivity contribution < 1.29 is 14.3 Å². The molecule has 0 aliphatic carbocycles. The molecule has 0 saturated carbocycles. The quantitative estimate of drug-likeness (QED) is 0.526. The minimum atomic E-state index is -0.425. The van der Waals surface area contributed by atoms with Crippen LogP contribution in [0, 0.1) is 0 Å². The zero-order valence-corrected chi connectivity index (χ0v) is 9.64. The lowest BCUT2D eigenvalue weighted by atomic mass is 10.1. The van der Waals surface area contributed by atoms with Gasteiger partial charge in [-0.25, -0.2) is 4.79 Å². The first-order valence-corrected chi connectivity index (χ1v) is 5.42. The fraction of sp³-hybridized carbons (Fsp3) is 0.0714. The summed E-state index contributed by atoms with van der Waals surface area (Å²) in [5.41, 5.74) is -0.0634. The number of hydrogen-bond donors (Lipinski definition) is 1. The van der Waals surface area contributed by atoms with Crippen molar-refractivity contribution in [2.24, 2.45) is 0 Å². The second-order valence-corrected chi connectivity index (χ2v) is 3.98. The maximum atomic E-state index is 11.8. The molecule has 4 heteroatoms. The Hall–Kier alpha value is -2.49. The topological polar surface area (TPSA) is 59.7 Å². The molecule has 0 aliphatic heterocycles. The number of ether oxygens (including phenoxy) is 1. The molecule has 0 aliphatic rings. The zero-order chi connectivity index (χ0) is 12.7. The third-order valence-corrected chi connectivity index (χ3v) is 2.90. The molecule has 1 N–H and O–H groups in total. The van der Waals surface area contributed by atoms with Gasteiger partial charge in [0.2, 0.25) is 0 Å². The number of fused-ring (bicyclic) bond motifs is 3. The van der Waals surface area contributed by atoms with E-state index < -0.39 is 5.63 Å². The number of methoxy groups -OCH3 is 1. The van der Waals surface area contributed by atoms with E-state index in [-0.39, 0.29) is 5.75 Å². The summed E-state index contributed by atoms with van der Waals surface area (Å²) in [4.78, 5) is 11.8. The molecule has 1 heterocycles. The minimum Gasteiger partial charge on any atom is -0.508 e. The van der Waals surface area contributed by atoms with Crippen molar-refractivity contribution in [3.8, 4) is 11.5 Å². The van der Waals surface area contributed by atoms with Gasteiger partial charge in [0.1, 0.15) is 17.1 Å². The largest absolute Gasteiger partial charge is 0.508 e. The van der Waals surface area contributed by atoms with E-state index >= 15 is 0 Å². The number of benzene rings is 2. The van der Waals surface area contributed by atoms with Crippen LogP contribution < -0.4 is 10.4 Å². The van der Waals surface area contributed by atoms with Gasteiger partial charge in [0, 0.05) is 16.8 Å². The van der Waals surface area contributed by atoms with E-state index in [0.29, 0.717) is 16.7 Å². The summed E-state index contributed by atoms with van der Waals surface area (Å²) in [5.74, 6) is 0.732. The normalized spacial score (nSPS) is 10.9. The first-order chi connectivity index (χ1) is 8.69. The Morgan fingerprint density at radius 1 is 1.06 bits per heavy atom. The van der Waals surface area contributed by atoms with Crippen LogP contribution in [0.2, 0.25) is 0 Å². The molecular weight excluding hydrogens is 232 g/mol. The van der Waals surface area contributed by atoms with Crippen LogP contribution in [0.3, 0.4) is 0 Å². The Bertz CT molecular complexity index is 802. The first kappa shape index (κ1) is 10.7.